The number of ether oxygens (including phenoxy) is 1. The highest BCUT2D eigenvalue weighted by Crippen LogP contribution is 2.29. The molecule has 1 aliphatic rings. The third-order valence-electron chi connectivity index (χ3n) is 5.51. The summed E-state index contributed by atoms with van der Waals surface area (Å²) in [7, 11) is 0. The van der Waals surface area contributed by atoms with Crippen LogP contribution in [-0.2, 0) is 13.2 Å². The quantitative estimate of drug-likeness (QED) is 0.517. The molecule has 1 N–H and O–H groups in total. The molecule has 1 fully saturated rings. The molecule has 1 aliphatic carbocycles. The van der Waals surface area contributed by atoms with Crippen molar-refractivity contribution >= 4 is 23.2 Å². The Morgan fingerprint density at radius 2 is 1.64 bits per heavy atom. The summed E-state index contributed by atoms with van der Waals surface area (Å²) >= 11 is 0. The van der Waals surface area contributed by atoms with Gasteiger partial charge in [0.1, 0.15) is 18.2 Å². The summed E-state index contributed by atoms with van der Waals surface area (Å²) < 4.78 is 20.0. The Bertz CT molecular complexity index is 908. The van der Waals surface area contributed by atoms with Gasteiger partial charge in [-0.05, 0) is 35.7 Å². The molecule has 3 aromatic rings. The van der Waals surface area contributed by atoms with E-state index in [0.717, 1.165) is 17.9 Å². The van der Waals surface area contributed by atoms with Crippen LogP contribution in [0.2, 0.25) is 0 Å². The van der Waals surface area contributed by atoms with Crippen LogP contribution < -0.4 is 10.1 Å². The fraction of sp³-hybridized carbons (Fsp3) is 0.333. The van der Waals surface area contributed by atoms with E-state index >= 15 is 0 Å². The van der Waals surface area contributed by atoms with Gasteiger partial charge in [-0.25, -0.2) is 4.39 Å². The minimum Gasteiger partial charge on any atom is -0.488 e. The van der Waals surface area contributed by atoms with E-state index in [0.29, 0.717) is 11.6 Å². The maximum absolute atomic E-state index is 13.9. The van der Waals surface area contributed by atoms with Crippen molar-refractivity contribution in [2.45, 2.75) is 51.3 Å². The van der Waals surface area contributed by atoms with Gasteiger partial charge in [0.2, 0.25) is 0 Å². The fourth-order valence-electron chi connectivity index (χ4n) is 3.96. The van der Waals surface area contributed by atoms with Crippen LogP contribution >= 0.6 is 12.4 Å². The van der Waals surface area contributed by atoms with Gasteiger partial charge in [-0.15, -0.1) is 12.4 Å². The van der Waals surface area contributed by atoms with Crippen LogP contribution in [0.1, 0.15) is 43.2 Å². The van der Waals surface area contributed by atoms with Crippen molar-refractivity contribution in [3.8, 4) is 5.75 Å². The molecule has 0 aromatic heterocycles. The summed E-state index contributed by atoms with van der Waals surface area (Å²) in [5.41, 5.74) is 1.74. The summed E-state index contributed by atoms with van der Waals surface area (Å²) in [4.78, 5) is 0. The van der Waals surface area contributed by atoms with Crippen molar-refractivity contribution in [3.63, 3.8) is 0 Å². The van der Waals surface area contributed by atoms with Crippen LogP contribution in [0.25, 0.3) is 10.8 Å². The van der Waals surface area contributed by atoms with Gasteiger partial charge in [0.15, 0.2) is 0 Å². The average molecular weight is 400 g/mol. The van der Waals surface area contributed by atoms with E-state index in [9.17, 15) is 4.39 Å². The lowest BCUT2D eigenvalue weighted by Gasteiger charge is -2.24. The Hall–Kier alpha value is -2.10. The number of hydrogen-bond acceptors (Lipinski definition) is 2. The molecule has 28 heavy (non-hydrogen) atoms. The van der Waals surface area contributed by atoms with E-state index in [2.05, 4.69) is 35.6 Å². The van der Waals surface area contributed by atoms with Gasteiger partial charge in [0.25, 0.3) is 0 Å². The molecule has 0 unspecified atom stereocenters. The Balaban J connectivity index is 0.00000225. The molecule has 0 spiro atoms. The van der Waals surface area contributed by atoms with Crippen LogP contribution in [0.5, 0.6) is 5.75 Å². The second-order valence-electron chi connectivity index (χ2n) is 7.36. The molecule has 0 bridgehead atoms. The molecule has 0 aliphatic heterocycles. The highest BCUT2D eigenvalue weighted by molar-refractivity contribution is 5.87. The van der Waals surface area contributed by atoms with E-state index in [-0.39, 0.29) is 24.8 Å². The van der Waals surface area contributed by atoms with E-state index in [1.54, 1.807) is 12.1 Å². The third-order valence-corrected chi connectivity index (χ3v) is 5.51. The van der Waals surface area contributed by atoms with E-state index in [1.165, 1.54) is 48.9 Å². The lowest BCUT2D eigenvalue weighted by atomic mass is 9.95. The number of fused-ring (bicyclic) bond motifs is 1. The van der Waals surface area contributed by atoms with Crippen molar-refractivity contribution in [3.05, 3.63) is 77.6 Å². The maximum Gasteiger partial charge on any atom is 0.129 e. The van der Waals surface area contributed by atoms with Gasteiger partial charge in [-0.2, -0.15) is 0 Å². The standard InChI is InChI=1S/C24H26FNO.ClH/c25-23-13-7-5-9-19(23)17-27-24-15-14-18-8-4-6-12-21(18)22(24)16-26-20-10-2-1-3-11-20;/h4-9,12-15,20,26H,1-3,10-11,16-17H2;1H. The number of halogens is 2. The molecule has 0 saturated heterocycles. The van der Waals surface area contributed by atoms with Gasteiger partial charge < -0.3 is 10.1 Å². The first kappa shape index (κ1) is 20.6. The first-order valence-corrected chi connectivity index (χ1v) is 9.91. The molecule has 0 amide bonds. The number of nitrogens with one attached hydrogen (secondary N) is 1. The highest BCUT2D eigenvalue weighted by Gasteiger charge is 2.15. The SMILES string of the molecule is Cl.Fc1ccccc1COc1ccc2ccccc2c1CNC1CCCCC1. The van der Waals surface area contributed by atoms with Gasteiger partial charge >= 0.3 is 0 Å². The number of benzene rings is 3. The second-order valence-corrected chi connectivity index (χ2v) is 7.36. The van der Waals surface area contributed by atoms with Crippen molar-refractivity contribution in [1.82, 2.24) is 5.32 Å². The topological polar surface area (TPSA) is 21.3 Å². The molecule has 2 nitrogen and oxygen atoms in total. The first-order chi connectivity index (χ1) is 13.3. The Kier molecular flexibility index (Phi) is 7.30. The molecule has 3 aromatic carbocycles. The lowest BCUT2D eigenvalue weighted by molar-refractivity contribution is 0.294. The second kappa shape index (κ2) is 9.90. The Morgan fingerprint density at radius 3 is 2.46 bits per heavy atom. The van der Waals surface area contributed by atoms with Crippen molar-refractivity contribution < 1.29 is 9.13 Å². The summed E-state index contributed by atoms with van der Waals surface area (Å²) in [6, 6.07) is 19.9. The van der Waals surface area contributed by atoms with Crippen LogP contribution in [0, 0.1) is 5.82 Å². The largest absolute Gasteiger partial charge is 0.488 e. The number of hydrogen-bond donors (Lipinski definition) is 1. The molecule has 0 atom stereocenters. The Morgan fingerprint density at radius 1 is 0.893 bits per heavy atom. The molecule has 148 valence electrons. The minimum absolute atomic E-state index is 0. The molecule has 0 radical (unpaired) electrons. The predicted molar refractivity (Wildman–Crippen MR) is 116 cm³/mol. The first-order valence-electron chi connectivity index (χ1n) is 9.91. The highest BCUT2D eigenvalue weighted by atomic mass is 35.5. The van der Waals surface area contributed by atoms with Crippen LogP contribution in [0.3, 0.4) is 0 Å². The zero-order chi connectivity index (χ0) is 18.5. The molecule has 4 rings (SSSR count). The van der Waals surface area contributed by atoms with Crippen molar-refractivity contribution in [1.29, 1.82) is 0 Å². The smallest absolute Gasteiger partial charge is 0.129 e. The molecule has 1 saturated carbocycles. The van der Waals surface area contributed by atoms with E-state index in [4.69, 9.17) is 4.74 Å². The Labute approximate surface area is 172 Å². The fourth-order valence-corrected chi connectivity index (χ4v) is 3.96. The average Bonchev–Trinajstić information content (AvgIpc) is 2.72. The summed E-state index contributed by atoms with van der Waals surface area (Å²) in [6.45, 7) is 1.01. The van der Waals surface area contributed by atoms with Crippen LogP contribution in [-0.4, -0.2) is 6.04 Å². The normalized spacial score (nSPS) is 14.6. The van der Waals surface area contributed by atoms with Crippen LogP contribution in [0.15, 0.2) is 60.7 Å². The summed E-state index contributed by atoms with van der Waals surface area (Å²) in [6.07, 6.45) is 6.46. The van der Waals surface area contributed by atoms with Crippen molar-refractivity contribution in [2.24, 2.45) is 0 Å². The zero-order valence-electron chi connectivity index (χ0n) is 16.0. The minimum atomic E-state index is -0.222. The lowest BCUT2D eigenvalue weighted by Crippen LogP contribution is -2.30. The summed E-state index contributed by atoms with van der Waals surface area (Å²) in [5.74, 6) is 0.612. The third kappa shape index (κ3) is 4.84. The zero-order valence-corrected chi connectivity index (χ0v) is 16.8. The van der Waals surface area contributed by atoms with E-state index < -0.39 is 0 Å². The van der Waals surface area contributed by atoms with Crippen LogP contribution in [0.4, 0.5) is 4.39 Å². The van der Waals surface area contributed by atoms with Gasteiger partial charge in [-0.1, -0.05) is 67.8 Å². The van der Waals surface area contributed by atoms with Crippen molar-refractivity contribution in [2.75, 3.05) is 0 Å². The predicted octanol–water partition coefficient (Wildman–Crippen LogP) is 6.40. The van der Waals surface area contributed by atoms with Gasteiger partial charge in [-0.3, -0.25) is 0 Å². The molecular weight excluding hydrogens is 373 g/mol. The molecule has 0 heterocycles. The van der Waals surface area contributed by atoms with Gasteiger partial charge in [0, 0.05) is 23.7 Å². The monoisotopic (exact) mass is 399 g/mol. The van der Waals surface area contributed by atoms with E-state index in [1.807, 2.05) is 12.1 Å². The molecular formula is C24H27ClFNO. The number of rotatable bonds is 6. The van der Waals surface area contributed by atoms with Gasteiger partial charge in [0.05, 0.1) is 0 Å². The maximum atomic E-state index is 13.9. The molecule has 4 heteroatoms. The summed E-state index contributed by atoms with van der Waals surface area (Å²) in [5, 5.41) is 6.13.